The van der Waals surface area contributed by atoms with E-state index in [2.05, 4.69) is 45.0 Å². The number of hydrogen-bond donors (Lipinski definition) is 1. The molecule has 0 aromatic heterocycles. The molecule has 5 atom stereocenters. The minimum atomic E-state index is -0.182. The Bertz CT molecular complexity index is 296. The number of nitrogens with one attached hydrogen (secondary N) is 1. The number of methoxy groups -OCH3 is 1. The Morgan fingerprint density at radius 1 is 1.47 bits per heavy atom. The van der Waals surface area contributed by atoms with Gasteiger partial charge in [-0.3, -0.25) is 4.79 Å². The van der Waals surface area contributed by atoms with Gasteiger partial charge in [0, 0.05) is 18.6 Å². The number of rotatable bonds is 5. The second kappa shape index (κ2) is 7.25. The molecule has 0 amide bonds. The SMILES string of the molecule is CCC(C)C(NC1CC(C)N(C)CC1C)C(=O)OC. The summed E-state index contributed by atoms with van der Waals surface area (Å²) in [6.45, 7) is 9.80. The molecule has 19 heavy (non-hydrogen) atoms. The van der Waals surface area contributed by atoms with Gasteiger partial charge in [-0.05, 0) is 32.2 Å². The van der Waals surface area contributed by atoms with E-state index in [0.717, 1.165) is 19.4 Å². The van der Waals surface area contributed by atoms with Crippen LogP contribution in [-0.2, 0) is 9.53 Å². The fourth-order valence-electron chi connectivity index (χ4n) is 2.83. The smallest absolute Gasteiger partial charge is 0.323 e. The first-order chi connectivity index (χ1) is 8.90. The zero-order chi connectivity index (χ0) is 14.6. The van der Waals surface area contributed by atoms with Gasteiger partial charge in [-0.1, -0.05) is 27.2 Å². The van der Waals surface area contributed by atoms with Crippen LogP contribution in [0.15, 0.2) is 0 Å². The van der Waals surface area contributed by atoms with E-state index in [9.17, 15) is 4.79 Å². The molecule has 0 aromatic rings. The highest BCUT2D eigenvalue weighted by atomic mass is 16.5. The van der Waals surface area contributed by atoms with Crippen LogP contribution in [0.2, 0.25) is 0 Å². The number of carbonyl (C=O) groups excluding carboxylic acids is 1. The molecule has 1 N–H and O–H groups in total. The summed E-state index contributed by atoms with van der Waals surface area (Å²) in [5.41, 5.74) is 0. The summed E-state index contributed by atoms with van der Waals surface area (Å²) < 4.78 is 4.95. The molecular formula is C15H30N2O2. The molecule has 0 aromatic carbocycles. The summed E-state index contributed by atoms with van der Waals surface area (Å²) in [5, 5.41) is 3.56. The third-order valence-electron chi connectivity index (χ3n) is 4.67. The molecule has 0 radical (unpaired) electrons. The summed E-state index contributed by atoms with van der Waals surface area (Å²) in [6, 6.07) is 0.770. The average molecular weight is 270 g/mol. The van der Waals surface area contributed by atoms with Crippen molar-refractivity contribution in [3.63, 3.8) is 0 Å². The summed E-state index contributed by atoms with van der Waals surface area (Å²) in [6.07, 6.45) is 2.06. The first kappa shape index (κ1) is 16.4. The van der Waals surface area contributed by atoms with Crippen molar-refractivity contribution >= 4 is 5.97 Å². The number of likely N-dealkylation sites (tertiary alicyclic amines) is 1. The highest BCUT2D eigenvalue weighted by Crippen LogP contribution is 2.22. The molecule has 0 saturated carbocycles. The van der Waals surface area contributed by atoms with Gasteiger partial charge in [0.2, 0.25) is 0 Å². The first-order valence-corrected chi connectivity index (χ1v) is 7.44. The molecule has 0 aliphatic carbocycles. The van der Waals surface area contributed by atoms with Crippen LogP contribution in [0, 0.1) is 11.8 Å². The van der Waals surface area contributed by atoms with Crippen LogP contribution in [-0.4, -0.2) is 49.7 Å². The van der Waals surface area contributed by atoms with E-state index < -0.39 is 0 Å². The molecule has 4 heteroatoms. The molecular weight excluding hydrogens is 240 g/mol. The lowest BCUT2D eigenvalue weighted by molar-refractivity contribution is -0.145. The lowest BCUT2D eigenvalue weighted by Crippen LogP contribution is -2.56. The Morgan fingerprint density at radius 3 is 2.63 bits per heavy atom. The number of ether oxygens (including phenoxy) is 1. The lowest BCUT2D eigenvalue weighted by atomic mass is 9.87. The highest BCUT2D eigenvalue weighted by Gasteiger charge is 2.34. The van der Waals surface area contributed by atoms with Gasteiger partial charge in [-0.15, -0.1) is 0 Å². The van der Waals surface area contributed by atoms with Crippen LogP contribution in [0.4, 0.5) is 0 Å². The monoisotopic (exact) mass is 270 g/mol. The zero-order valence-corrected chi connectivity index (χ0v) is 13.3. The van der Waals surface area contributed by atoms with E-state index in [0.29, 0.717) is 23.9 Å². The van der Waals surface area contributed by atoms with Crippen LogP contribution < -0.4 is 5.32 Å². The third kappa shape index (κ3) is 4.18. The molecule has 112 valence electrons. The summed E-state index contributed by atoms with van der Waals surface area (Å²) in [4.78, 5) is 14.3. The molecule has 0 spiro atoms. The predicted molar refractivity (Wildman–Crippen MR) is 78.1 cm³/mol. The third-order valence-corrected chi connectivity index (χ3v) is 4.67. The van der Waals surface area contributed by atoms with Crippen LogP contribution in [0.25, 0.3) is 0 Å². The van der Waals surface area contributed by atoms with Crippen LogP contribution >= 0.6 is 0 Å². The van der Waals surface area contributed by atoms with Gasteiger partial charge in [0.25, 0.3) is 0 Å². The predicted octanol–water partition coefficient (Wildman–Crippen LogP) is 1.89. The largest absolute Gasteiger partial charge is 0.468 e. The summed E-state index contributed by atoms with van der Waals surface area (Å²) in [7, 11) is 3.64. The van der Waals surface area contributed by atoms with Crippen molar-refractivity contribution in [2.75, 3.05) is 20.7 Å². The van der Waals surface area contributed by atoms with Crippen molar-refractivity contribution in [1.82, 2.24) is 10.2 Å². The molecule has 5 unspecified atom stereocenters. The Labute approximate surface area is 117 Å². The van der Waals surface area contributed by atoms with Gasteiger partial charge in [0.15, 0.2) is 0 Å². The van der Waals surface area contributed by atoms with Gasteiger partial charge in [-0.25, -0.2) is 0 Å². The van der Waals surface area contributed by atoms with Gasteiger partial charge in [-0.2, -0.15) is 0 Å². The minimum Gasteiger partial charge on any atom is -0.468 e. The summed E-state index contributed by atoms with van der Waals surface area (Å²) in [5.74, 6) is 0.722. The molecule has 1 aliphatic heterocycles. The second-order valence-electron chi connectivity index (χ2n) is 6.16. The normalized spacial score (nSPS) is 31.8. The maximum absolute atomic E-state index is 11.9. The van der Waals surface area contributed by atoms with Crippen molar-refractivity contribution in [3.05, 3.63) is 0 Å². The van der Waals surface area contributed by atoms with E-state index in [1.165, 1.54) is 7.11 Å². The van der Waals surface area contributed by atoms with E-state index in [-0.39, 0.29) is 12.0 Å². The van der Waals surface area contributed by atoms with E-state index in [4.69, 9.17) is 4.74 Å². The molecule has 1 aliphatic rings. The minimum absolute atomic E-state index is 0.131. The molecule has 1 fully saturated rings. The van der Waals surface area contributed by atoms with Gasteiger partial charge < -0.3 is 15.0 Å². The van der Waals surface area contributed by atoms with E-state index in [1.54, 1.807) is 0 Å². The fraction of sp³-hybridized carbons (Fsp3) is 0.933. The highest BCUT2D eigenvalue weighted by molar-refractivity contribution is 5.76. The number of hydrogen-bond acceptors (Lipinski definition) is 4. The maximum Gasteiger partial charge on any atom is 0.323 e. The van der Waals surface area contributed by atoms with E-state index in [1.807, 2.05) is 0 Å². The van der Waals surface area contributed by atoms with Crippen molar-refractivity contribution in [3.8, 4) is 0 Å². The maximum atomic E-state index is 11.9. The van der Waals surface area contributed by atoms with Crippen molar-refractivity contribution < 1.29 is 9.53 Å². The number of piperidine rings is 1. The van der Waals surface area contributed by atoms with Crippen LogP contribution in [0.3, 0.4) is 0 Å². The van der Waals surface area contributed by atoms with Gasteiger partial charge >= 0.3 is 5.97 Å². The average Bonchev–Trinajstić information content (AvgIpc) is 2.39. The van der Waals surface area contributed by atoms with Crippen LogP contribution in [0.5, 0.6) is 0 Å². The fourth-order valence-corrected chi connectivity index (χ4v) is 2.83. The van der Waals surface area contributed by atoms with Crippen molar-refractivity contribution in [1.29, 1.82) is 0 Å². The van der Waals surface area contributed by atoms with Crippen molar-refractivity contribution in [2.45, 2.75) is 58.7 Å². The van der Waals surface area contributed by atoms with E-state index >= 15 is 0 Å². The van der Waals surface area contributed by atoms with Crippen molar-refractivity contribution in [2.24, 2.45) is 11.8 Å². The van der Waals surface area contributed by atoms with Gasteiger partial charge in [0.1, 0.15) is 6.04 Å². The standard InChI is InChI=1S/C15H30N2O2/c1-7-10(2)14(15(18)19-6)16-13-8-12(4)17(5)9-11(13)3/h10-14,16H,7-9H2,1-6H3. The lowest BCUT2D eigenvalue weighted by Gasteiger charge is -2.41. The first-order valence-electron chi connectivity index (χ1n) is 7.44. The Balaban J connectivity index is 2.70. The second-order valence-corrected chi connectivity index (χ2v) is 6.16. The van der Waals surface area contributed by atoms with Gasteiger partial charge in [0.05, 0.1) is 7.11 Å². The number of carbonyl (C=O) groups is 1. The molecule has 4 nitrogen and oxygen atoms in total. The molecule has 1 heterocycles. The van der Waals surface area contributed by atoms with Crippen LogP contribution in [0.1, 0.15) is 40.5 Å². The summed E-state index contributed by atoms with van der Waals surface area (Å²) >= 11 is 0. The number of esters is 1. The molecule has 0 bridgehead atoms. The molecule has 1 saturated heterocycles. The quantitative estimate of drug-likeness (QED) is 0.775. The Morgan fingerprint density at radius 2 is 2.11 bits per heavy atom. The Kier molecular flexibility index (Phi) is 6.27. The Hall–Kier alpha value is -0.610. The molecule has 1 rings (SSSR count). The topological polar surface area (TPSA) is 41.6 Å². The zero-order valence-electron chi connectivity index (χ0n) is 13.3. The number of nitrogens with zero attached hydrogens (tertiary/aromatic N) is 1.